The number of nitrogens with zero attached hydrogens (tertiary/aromatic N) is 1. The van der Waals surface area contributed by atoms with E-state index in [4.69, 9.17) is 0 Å². The Morgan fingerprint density at radius 3 is 1.42 bits per heavy atom. The first kappa shape index (κ1) is 27.4. The first-order valence-corrected chi connectivity index (χ1v) is 13.8. The lowest BCUT2D eigenvalue weighted by atomic mass is 10.1. The first-order valence-electron chi connectivity index (χ1n) is 13.8. The highest BCUT2D eigenvalue weighted by atomic mass is 15.1. The molecule has 1 nitrogen and oxygen atoms in total. The lowest BCUT2D eigenvalue weighted by Crippen LogP contribution is -2.24. The van der Waals surface area contributed by atoms with Crippen LogP contribution in [0.1, 0.15) is 108 Å². The van der Waals surface area contributed by atoms with Gasteiger partial charge in [0.05, 0.1) is 0 Å². The molecule has 0 fully saturated rings. The van der Waals surface area contributed by atoms with Gasteiger partial charge >= 0.3 is 0 Å². The van der Waals surface area contributed by atoms with Crippen LogP contribution in [0.3, 0.4) is 0 Å². The molecule has 0 N–H and O–H groups in total. The Morgan fingerprint density at radius 2 is 0.939 bits per heavy atom. The average molecular weight is 448 g/mol. The van der Waals surface area contributed by atoms with Gasteiger partial charge in [0.2, 0.25) is 0 Å². The Labute approximate surface area is 205 Å². The third-order valence-electron chi connectivity index (χ3n) is 6.48. The summed E-state index contributed by atoms with van der Waals surface area (Å²) in [5, 5.41) is 0. The zero-order valence-corrected chi connectivity index (χ0v) is 21.4. The molecular formula is C32H49N. The standard InChI is InChI=1S/C32H49N/c1-2-3-4-5-6-7-8-9-10-11-12-13-14-15-16-23-28-33(29-31-24-19-17-20-25-31)30-32-26-21-18-22-27-32/h11-12,17-22,24-27H,2-10,13-16,23,28-30H2,1H3/b12-11+. The molecule has 0 radical (unpaired) electrons. The molecule has 0 aliphatic carbocycles. The second-order valence-electron chi connectivity index (χ2n) is 9.62. The van der Waals surface area contributed by atoms with E-state index in [1.165, 1.54) is 108 Å². The van der Waals surface area contributed by atoms with Crippen LogP contribution in [0.4, 0.5) is 0 Å². The Morgan fingerprint density at radius 1 is 0.515 bits per heavy atom. The summed E-state index contributed by atoms with van der Waals surface area (Å²) >= 11 is 0. The van der Waals surface area contributed by atoms with Gasteiger partial charge < -0.3 is 0 Å². The van der Waals surface area contributed by atoms with Crippen molar-refractivity contribution in [2.45, 2.75) is 110 Å². The molecule has 33 heavy (non-hydrogen) atoms. The van der Waals surface area contributed by atoms with Crippen LogP contribution >= 0.6 is 0 Å². The summed E-state index contributed by atoms with van der Waals surface area (Å²) in [6, 6.07) is 21.8. The zero-order chi connectivity index (χ0) is 23.2. The molecule has 0 aromatic heterocycles. The van der Waals surface area contributed by atoms with Gasteiger partial charge in [-0.3, -0.25) is 4.90 Å². The summed E-state index contributed by atoms with van der Waals surface area (Å²) in [5.41, 5.74) is 2.82. The third kappa shape index (κ3) is 14.8. The normalized spacial score (nSPS) is 11.6. The molecule has 0 unspecified atom stereocenters. The van der Waals surface area contributed by atoms with Crippen LogP contribution in [0.5, 0.6) is 0 Å². The highest BCUT2D eigenvalue weighted by Gasteiger charge is 2.07. The van der Waals surface area contributed by atoms with Crippen molar-refractivity contribution in [3.63, 3.8) is 0 Å². The van der Waals surface area contributed by atoms with Gasteiger partial charge in [0, 0.05) is 13.1 Å². The number of hydrogen-bond donors (Lipinski definition) is 0. The van der Waals surface area contributed by atoms with Gasteiger partial charge in [-0.05, 0) is 49.8 Å². The number of hydrogen-bond acceptors (Lipinski definition) is 1. The van der Waals surface area contributed by atoms with E-state index in [0.29, 0.717) is 0 Å². The van der Waals surface area contributed by atoms with Crippen molar-refractivity contribution in [2.75, 3.05) is 6.54 Å². The van der Waals surface area contributed by atoms with Gasteiger partial charge in [-0.2, -0.15) is 0 Å². The van der Waals surface area contributed by atoms with Gasteiger partial charge in [0.15, 0.2) is 0 Å². The van der Waals surface area contributed by atoms with Gasteiger partial charge in [0.25, 0.3) is 0 Å². The summed E-state index contributed by atoms with van der Waals surface area (Å²) in [6.45, 7) is 5.55. The monoisotopic (exact) mass is 447 g/mol. The van der Waals surface area contributed by atoms with Crippen molar-refractivity contribution in [1.82, 2.24) is 4.90 Å². The maximum atomic E-state index is 2.61. The van der Waals surface area contributed by atoms with Crippen molar-refractivity contribution in [3.05, 3.63) is 83.9 Å². The molecule has 0 amide bonds. The zero-order valence-electron chi connectivity index (χ0n) is 21.4. The topological polar surface area (TPSA) is 3.24 Å². The Bertz CT molecular complexity index is 649. The fraction of sp³-hybridized carbons (Fsp3) is 0.562. The van der Waals surface area contributed by atoms with E-state index in [1.807, 2.05) is 0 Å². The fourth-order valence-electron chi connectivity index (χ4n) is 4.48. The minimum atomic E-state index is 1.04. The second kappa shape index (κ2) is 19.6. The highest BCUT2D eigenvalue weighted by molar-refractivity contribution is 5.17. The van der Waals surface area contributed by atoms with Crippen LogP contribution in [0.15, 0.2) is 72.8 Å². The van der Waals surface area contributed by atoms with Crippen LogP contribution in [-0.4, -0.2) is 11.4 Å². The molecule has 182 valence electrons. The Balaban J connectivity index is 1.51. The molecule has 1 heteroatoms. The predicted molar refractivity (Wildman–Crippen MR) is 146 cm³/mol. The largest absolute Gasteiger partial charge is 0.295 e. The number of allylic oxidation sites excluding steroid dienone is 2. The quantitative estimate of drug-likeness (QED) is 0.144. The third-order valence-corrected chi connectivity index (χ3v) is 6.48. The molecule has 2 rings (SSSR count). The van der Waals surface area contributed by atoms with Crippen molar-refractivity contribution in [3.8, 4) is 0 Å². The van der Waals surface area contributed by atoms with E-state index in [0.717, 1.165) is 13.1 Å². The molecule has 2 aromatic rings. The predicted octanol–water partition coefficient (Wildman–Crippen LogP) is 9.73. The minimum Gasteiger partial charge on any atom is -0.295 e. The lowest BCUT2D eigenvalue weighted by molar-refractivity contribution is 0.250. The van der Waals surface area contributed by atoms with Crippen molar-refractivity contribution in [2.24, 2.45) is 0 Å². The second-order valence-corrected chi connectivity index (χ2v) is 9.62. The Hall–Kier alpha value is -1.86. The van der Waals surface area contributed by atoms with E-state index in [9.17, 15) is 0 Å². The smallest absolute Gasteiger partial charge is 0.0237 e. The lowest BCUT2D eigenvalue weighted by Gasteiger charge is -2.22. The molecule has 0 spiro atoms. The minimum absolute atomic E-state index is 1.04. The van der Waals surface area contributed by atoms with Gasteiger partial charge in [-0.1, -0.05) is 138 Å². The Kier molecular flexibility index (Phi) is 16.3. The maximum Gasteiger partial charge on any atom is 0.0237 e. The van der Waals surface area contributed by atoms with E-state index in [2.05, 4.69) is 84.6 Å². The summed E-state index contributed by atoms with van der Waals surface area (Å²) in [4.78, 5) is 2.61. The molecule has 0 saturated heterocycles. The summed E-state index contributed by atoms with van der Waals surface area (Å²) in [7, 11) is 0. The SMILES string of the molecule is CCCCCCCCCC/C=C/CCCCCCN(Cc1ccccc1)Cc1ccccc1. The van der Waals surface area contributed by atoms with E-state index >= 15 is 0 Å². The molecule has 0 atom stereocenters. The molecular weight excluding hydrogens is 398 g/mol. The van der Waals surface area contributed by atoms with Crippen LogP contribution < -0.4 is 0 Å². The van der Waals surface area contributed by atoms with Crippen molar-refractivity contribution >= 4 is 0 Å². The molecule has 0 bridgehead atoms. The van der Waals surface area contributed by atoms with Crippen LogP contribution in [0, 0.1) is 0 Å². The van der Waals surface area contributed by atoms with Crippen molar-refractivity contribution in [1.29, 1.82) is 0 Å². The van der Waals surface area contributed by atoms with Crippen LogP contribution in [0.25, 0.3) is 0 Å². The maximum absolute atomic E-state index is 2.61. The fourth-order valence-corrected chi connectivity index (χ4v) is 4.48. The number of rotatable bonds is 20. The van der Waals surface area contributed by atoms with Crippen LogP contribution in [-0.2, 0) is 13.1 Å². The van der Waals surface area contributed by atoms with Gasteiger partial charge in [-0.15, -0.1) is 0 Å². The summed E-state index contributed by atoms with van der Waals surface area (Å²) < 4.78 is 0. The van der Waals surface area contributed by atoms with Gasteiger partial charge in [-0.25, -0.2) is 0 Å². The van der Waals surface area contributed by atoms with E-state index in [-0.39, 0.29) is 0 Å². The highest BCUT2D eigenvalue weighted by Crippen LogP contribution is 2.13. The summed E-state index contributed by atoms with van der Waals surface area (Å²) in [5.74, 6) is 0. The molecule has 0 aliphatic heterocycles. The summed E-state index contributed by atoms with van der Waals surface area (Å²) in [6.07, 6.45) is 24.0. The molecule has 0 heterocycles. The van der Waals surface area contributed by atoms with Crippen molar-refractivity contribution < 1.29 is 0 Å². The number of unbranched alkanes of at least 4 members (excludes halogenated alkanes) is 12. The van der Waals surface area contributed by atoms with E-state index in [1.54, 1.807) is 0 Å². The molecule has 0 saturated carbocycles. The van der Waals surface area contributed by atoms with E-state index < -0.39 is 0 Å². The molecule has 2 aromatic carbocycles. The first-order chi connectivity index (χ1) is 16.4. The number of benzene rings is 2. The van der Waals surface area contributed by atoms with Crippen LogP contribution in [0.2, 0.25) is 0 Å². The molecule has 0 aliphatic rings. The van der Waals surface area contributed by atoms with Gasteiger partial charge in [0.1, 0.15) is 0 Å². The average Bonchev–Trinajstić information content (AvgIpc) is 2.85.